The van der Waals surface area contributed by atoms with Crippen LogP contribution in [0.3, 0.4) is 0 Å². The molecule has 6 nitrogen and oxygen atoms in total. The number of primary amides is 1. The van der Waals surface area contributed by atoms with E-state index in [1.165, 1.54) is 0 Å². The maximum absolute atomic E-state index is 11.6. The molecule has 1 saturated heterocycles. The Morgan fingerprint density at radius 3 is 1.94 bits per heavy atom. The van der Waals surface area contributed by atoms with Gasteiger partial charge in [0.25, 0.3) is 0 Å². The summed E-state index contributed by atoms with van der Waals surface area (Å²) in [7, 11) is 0. The van der Waals surface area contributed by atoms with Gasteiger partial charge in [-0.1, -0.05) is 0 Å². The molecule has 3 N–H and O–H groups in total. The first-order valence-corrected chi connectivity index (χ1v) is 6.00. The first-order chi connectivity index (χ1) is 7.91. The molecule has 1 aliphatic rings. The highest BCUT2D eigenvalue weighted by Crippen LogP contribution is 2.09. The van der Waals surface area contributed by atoms with Gasteiger partial charge in [-0.3, -0.25) is 19.9 Å². The van der Waals surface area contributed by atoms with Crippen LogP contribution in [0.4, 0.5) is 4.79 Å². The topological polar surface area (TPSA) is 78.7 Å². The fourth-order valence-corrected chi connectivity index (χ4v) is 2.03. The second-order valence-corrected chi connectivity index (χ2v) is 4.70. The smallest absolute Gasteiger partial charge is 0.318 e. The van der Waals surface area contributed by atoms with E-state index in [-0.39, 0.29) is 11.9 Å². The van der Waals surface area contributed by atoms with Crippen LogP contribution in [-0.4, -0.2) is 60.0 Å². The predicted molar refractivity (Wildman–Crippen MR) is 65.5 cm³/mol. The Morgan fingerprint density at radius 2 is 1.53 bits per heavy atom. The van der Waals surface area contributed by atoms with Gasteiger partial charge >= 0.3 is 6.03 Å². The molecule has 1 heterocycles. The van der Waals surface area contributed by atoms with Crippen molar-refractivity contribution in [1.82, 2.24) is 15.1 Å². The van der Waals surface area contributed by atoms with Gasteiger partial charge in [0.15, 0.2) is 0 Å². The summed E-state index contributed by atoms with van der Waals surface area (Å²) in [5.41, 5.74) is 4.92. The average Bonchev–Trinajstić information content (AvgIpc) is 2.27. The zero-order valence-electron chi connectivity index (χ0n) is 10.8. The third-order valence-corrected chi connectivity index (χ3v) is 3.25. The molecule has 0 radical (unpaired) electrons. The highest BCUT2D eigenvalue weighted by Gasteiger charge is 2.26. The summed E-state index contributed by atoms with van der Waals surface area (Å²) in [5, 5.41) is 2.12. The molecule has 1 atom stereocenters. The molecule has 1 fully saturated rings. The molecule has 1 aliphatic heterocycles. The molecule has 17 heavy (non-hydrogen) atoms. The standard InChI is InChI=1S/C11H22N4O2/c1-8(2)14-4-6-15(7-5-14)9(3)10(16)13-11(12)17/h8-9H,4-7H2,1-3H3,(H3,12,13,16,17). The van der Waals surface area contributed by atoms with Gasteiger partial charge in [-0.2, -0.15) is 0 Å². The van der Waals surface area contributed by atoms with Crippen LogP contribution in [0.5, 0.6) is 0 Å². The fraction of sp³-hybridized carbons (Fsp3) is 0.818. The van der Waals surface area contributed by atoms with Crippen molar-refractivity contribution in [3.63, 3.8) is 0 Å². The van der Waals surface area contributed by atoms with Crippen molar-refractivity contribution < 1.29 is 9.59 Å². The van der Waals surface area contributed by atoms with Crippen LogP contribution in [0.2, 0.25) is 0 Å². The molecule has 0 bridgehead atoms. The Balaban J connectivity index is 2.42. The van der Waals surface area contributed by atoms with Gasteiger partial charge in [-0.15, -0.1) is 0 Å². The van der Waals surface area contributed by atoms with Crippen LogP contribution in [-0.2, 0) is 4.79 Å². The quantitative estimate of drug-likeness (QED) is 0.705. The van der Waals surface area contributed by atoms with Crippen LogP contribution in [0.1, 0.15) is 20.8 Å². The molecule has 1 rings (SSSR count). The van der Waals surface area contributed by atoms with Crippen molar-refractivity contribution >= 4 is 11.9 Å². The molecule has 0 aromatic heterocycles. The van der Waals surface area contributed by atoms with E-state index in [1.807, 2.05) is 0 Å². The Bertz CT molecular complexity index is 285. The van der Waals surface area contributed by atoms with Crippen molar-refractivity contribution in [2.45, 2.75) is 32.9 Å². The lowest BCUT2D eigenvalue weighted by Gasteiger charge is -2.39. The van der Waals surface area contributed by atoms with E-state index in [0.29, 0.717) is 6.04 Å². The minimum absolute atomic E-state index is 0.309. The second-order valence-electron chi connectivity index (χ2n) is 4.70. The van der Waals surface area contributed by atoms with Crippen molar-refractivity contribution in [2.75, 3.05) is 26.2 Å². The summed E-state index contributed by atoms with van der Waals surface area (Å²) in [6, 6.07) is -0.564. The Labute approximate surface area is 102 Å². The number of nitrogens with two attached hydrogens (primary N) is 1. The van der Waals surface area contributed by atoms with Gasteiger partial charge in [0.05, 0.1) is 6.04 Å². The van der Waals surface area contributed by atoms with Crippen LogP contribution >= 0.6 is 0 Å². The van der Waals surface area contributed by atoms with E-state index in [1.54, 1.807) is 6.92 Å². The number of nitrogens with zero attached hydrogens (tertiary/aromatic N) is 2. The van der Waals surface area contributed by atoms with Crippen molar-refractivity contribution in [1.29, 1.82) is 0 Å². The Kier molecular flexibility index (Phi) is 4.89. The molecule has 0 aliphatic carbocycles. The number of piperazine rings is 1. The second kappa shape index (κ2) is 5.97. The summed E-state index contributed by atoms with van der Waals surface area (Å²) in [4.78, 5) is 26.6. The number of rotatable bonds is 3. The molecule has 0 saturated carbocycles. The van der Waals surface area contributed by atoms with E-state index in [2.05, 4.69) is 29.0 Å². The third-order valence-electron chi connectivity index (χ3n) is 3.25. The van der Waals surface area contributed by atoms with Crippen molar-refractivity contribution in [3.05, 3.63) is 0 Å². The zero-order chi connectivity index (χ0) is 13.0. The SMILES string of the molecule is CC(C)N1CCN(C(C)C(=O)NC(N)=O)CC1. The normalized spacial score (nSPS) is 20.2. The maximum Gasteiger partial charge on any atom is 0.318 e. The van der Waals surface area contributed by atoms with Gasteiger partial charge in [0, 0.05) is 32.2 Å². The molecule has 0 aromatic rings. The van der Waals surface area contributed by atoms with Crippen molar-refractivity contribution in [2.24, 2.45) is 5.73 Å². The highest BCUT2D eigenvalue weighted by atomic mass is 16.2. The van der Waals surface area contributed by atoms with Gasteiger partial charge in [0.2, 0.25) is 5.91 Å². The highest BCUT2D eigenvalue weighted by molar-refractivity contribution is 5.96. The number of urea groups is 1. The van der Waals surface area contributed by atoms with Crippen molar-refractivity contribution in [3.8, 4) is 0 Å². The number of carbonyl (C=O) groups is 2. The number of nitrogens with one attached hydrogen (secondary N) is 1. The lowest BCUT2D eigenvalue weighted by Crippen LogP contribution is -2.56. The van der Waals surface area contributed by atoms with Gasteiger partial charge < -0.3 is 5.73 Å². The first kappa shape index (κ1) is 13.9. The minimum Gasteiger partial charge on any atom is -0.351 e. The van der Waals surface area contributed by atoms with E-state index in [4.69, 9.17) is 5.73 Å². The summed E-state index contributed by atoms with van der Waals surface area (Å²) in [6.07, 6.45) is 0. The minimum atomic E-state index is -0.789. The molecule has 0 spiro atoms. The van der Waals surface area contributed by atoms with E-state index in [0.717, 1.165) is 26.2 Å². The summed E-state index contributed by atoms with van der Waals surface area (Å²) >= 11 is 0. The van der Waals surface area contributed by atoms with Crippen LogP contribution in [0.25, 0.3) is 0 Å². The fourth-order valence-electron chi connectivity index (χ4n) is 2.03. The van der Waals surface area contributed by atoms with Gasteiger partial charge in [-0.25, -0.2) is 4.79 Å². The summed E-state index contributed by atoms with van der Waals surface area (Å²) < 4.78 is 0. The molecular weight excluding hydrogens is 220 g/mol. The number of hydrogen-bond acceptors (Lipinski definition) is 4. The van der Waals surface area contributed by atoms with Crippen LogP contribution in [0.15, 0.2) is 0 Å². The molecule has 98 valence electrons. The van der Waals surface area contributed by atoms with Gasteiger partial charge in [0.1, 0.15) is 0 Å². The summed E-state index contributed by atoms with van der Waals surface area (Å²) in [5.74, 6) is -0.324. The molecule has 1 unspecified atom stereocenters. The molecular formula is C11H22N4O2. The Hall–Kier alpha value is -1.14. The van der Waals surface area contributed by atoms with E-state index < -0.39 is 6.03 Å². The number of amides is 3. The van der Waals surface area contributed by atoms with Gasteiger partial charge in [-0.05, 0) is 20.8 Å². The Morgan fingerprint density at radius 1 is 1.06 bits per heavy atom. The lowest BCUT2D eigenvalue weighted by molar-refractivity contribution is -0.125. The number of imide groups is 1. The lowest BCUT2D eigenvalue weighted by atomic mass is 10.2. The van der Waals surface area contributed by atoms with Crippen LogP contribution < -0.4 is 11.1 Å². The molecule has 0 aromatic carbocycles. The predicted octanol–water partition coefficient (Wildman–Crippen LogP) is -0.404. The first-order valence-electron chi connectivity index (χ1n) is 6.00. The largest absolute Gasteiger partial charge is 0.351 e. The average molecular weight is 242 g/mol. The van der Waals surface area contributed by atoms with E-state index >= 15 is 0 Å². The molecule has 3 amide bonds. The third kappa shape index (κ3) is 3.98. The van der Waals surface area contributed by atoms with E-state index in [9.17, 15) is 9.59 Å². The number of hydrogen-bond donors (Lipinski definition) is 2. The monoisotopic (exact) mass is 242 g/mol. The zero-order valence-corrected chi connectivity index (χ0v) is 10.8. The number of carbonyl (C=O) groups excluding carboxylic acids is 2. The van der Waals surface area contributed by atoms with Crippen LogP contribution in [0, 0.1) is 0 Å². The summed E-state index contributed by atoms with van der Waals surface area (Å²) in [6.45, 7) is 9.70. The maximum atomic E-state index is 11.6. The molecule has 6 heteroatoms.